The zero-order valence-electron chi connectivity index (χ0n) is 14.5. The molecular formula is C19H18N4O2S. The topological polar surface area (TPSA) is 65.5 Å². The average molecular weight is 366 g/mol. The zero-order chi connectivity index (χ0) is 17.9. The van der Waals surface area contributed by atoms with Crippen LogP contribution in [0.2, 0.25) is 0 Å². The number of aryl methyl sites for hydroxylation is 2. The van der Waals surface area contributed by atoms with Crippen molar-refractivity contribution in [1.29, 1.82) is 0 Å². The molecule has 0 spiro atoms. The van der Waals surface area contributed by atoms with Crippen LogP contribution in [-0.2, 0) is 12.4 Å². The first-order valence-electron chi connectivity index (χ1n) is 8.25. The molecule has 1 aromatic carbocycles. The smallest absolute Gasteiger partial charge is 0.277 e. The number of thioether (sulfide) groups is 1. The lowest BCUT2D eigenvalue weighted by molar-refractivity contribution is 0.252. The molecule has 0 saturated heterocycles. The van der Waals surface area contributed by atoms with Crippen LogP contribution in [0.15, 0.2) is 58.4 Å². The van der Waals surface area contributed by atoms with Gasteiger partial charge in [-0.15, -0.1) is 10.2 Å². The number of hydrogen-bond acceptors (Lipinski definition) is 6. The number of ether oxygens (including phenoxy) is 1. The van der Waals surface area contributed by atoms with Crippen molar-refractivity contribution in [3.63, 3.8) is 0 Å². The van der Waals surface area contributed by atoms with Crippen LogP contribution in [0.4, 0.5) is 0 Å². The Balaban J connectivity index is 1.36. The summed E-state index contributed by atoms with van der Waals surface area (Å²) >= 11 is 1.47. The largest absolute Gasteiger partial charge is 0.484 e. The highest BCUT2D eigenvalue weighted by Gasteiger charge is 2.10. The predicted octanol–water partition coefficient (Wildman–Crippen LogP) is 4.21. The predicted molar refractivity (Wildman–Crippen MR) is 99.3 cm³/mol. The number of aromatic nitrogens is 4. The maximum absolute atomic E-state index is 5.68. The molecule has 7 heteroatoms. The van der Waals surface area contributed by atoms with E-state index < -0.39 is 0 Å². The molecule has 0 bridgehead atoms. The van der Waals surface area contributed by atoms with Crippen molar-refractivity contribution in [2.24, 2.45) is 0 Å². The summed E-state index contributed by atoms with van der Waals surface area (Å²) in [4.78, 5) is 4.65. The van der Waals surface area contributed by atoms with Crippen molar-refractivity contribution in [3.8, 4) is 5.75 Å². The Morgan fingerprint density at radius 1 is 1.15 bits per heavy atom. The highest BCUT2D eigenvalue weighted by Crippen LogP contribution is 2.22. The lowest BCUT2D eigenvalue weighted by Crippen LogP contribution is -1.95. The second-order valence-electron chi connectivity index (χ2n) is 6.01. The Labute approximate surface area is 155 Å². The van der Waals surface area contributed by atoms with Gasteiger partial charge in [-0.1, -0.05) is 30.0 Å². The van der Waals surface area contributed by atoms with Crippen LogP contribution in [0.5, 0.6) is 5.75 Å². The zero-order valence-corrected chi connectivity index (χ0v) is 15.4. The minimum atomic E-state index is 0.255. The van der Waals surface area contributed by atoms with Gasteiger partial charge in [-0.2, -0.15) is 0 Å². The van der Waals surface area contributed by atoms with Gasteiger partial charge in [0.25, 0.3) is 11.1 Å². The molecule has 0 radical (unpaired) electrons. The molecule has 0 amide bonds. The third-order valence-electron chi connectivity index (χ3n) is 3.87. The molecule has 0 atom stereocenters. The van der Waals surface area contributed by atoms with Crippen molar-refractivity contribution in [1.82, 2.24) is 19.6 Å². The van der Waals surface area contributed by atoms with Gasteiger partial charge in [-0.05, 0) is 43.2 Å². The van der Waals surface area contributed by atoms with Gasteiger partial charge in [-0.3, -0.25) is 0 Å². The van der Waals surface area contributed by atoms with Crippen LogP contribution < -0.4 is 4.74 Å². The monoisotopic (exact) mass is 366 g/mol. The van der Waals surface area contributed by atoms with Gasteiger partial charge in [0.2, 0.25) is 0 Å². The summed E-state index contributed by atoms with van der Waals surface area (Å²) in [7, 11) is 0. The van der Waals surface area contributed by atoms with E-state index in [-0.39, 0.29) is 6.61 Å². The molecule has 0 aliphatic carbocycles. The van der Waals surface area contributed by atoms with Gasteiger partial charge in [-0.25, -0.2) is 4.98 Å². The summed E-state index contributed by atoms with van der Waals surface area (Å²) in [6.07, 6.45) is 4.02. The number of pyridine rings is 1. The Bertz CT molecular complexity index is 1040. The van der Waals surface area contributed by atoms with Crippen molar-refractivity contribution in [3.05, 3.63) is 71.5 Å². The van der Waals surface area contributed by atoms with Crippen molar-refractivity contribution < 1.29 is 9.15 Å². The summed E-state index contributed by atoms with van der Waals surface area (Å²) in [5, 5.41) is 8.61. The van der Waals surface area contributed by atoms with E-state index in [4.69, 9.17) is 9.15 Å². The Morgan fingerprint density at radius 3 is 2.92 bits per heavy atom. The molecule has 0 fully saturated rings. The fourth-order valence-corrected chi connectivity index (χ4v) is 3.28. The number of benzene rings is 1. The van der Waals surface area contributed by atoms with E-state index in [1.807, 2.05) is 54.0 Å². The minimum Gasteiger partial charge on any atom is -0.484 e. The third-order valence-corrected chi connectivity index (χ3v) is 4.72. The highest BCUT2D eigenvalue weighted by atomic mass is 32.2. The van der Waals surface area contributed by atoms with Crippen LogP contribution in [0.3, 0.4) is 0 Å². The average Bonchev–Trinajstić information content (AvgIpc) is 3.25. The SMILES string of the molecule is Cc1cccc(OCc2nnc(SCc3cn4cccc(C)c4n3)o2)c1. The summed E-state index contributed by atoms with van der Waals surface area (Å²) in [6.45, 7) is 4.33. The fourth-order valence-electron chi connectivity index (χ4n) is 2.61. The molecule has 3 heterocycles. The summed E-state index contributed by atoms with van der Waals surface area (Å²) in [6, 6.07) is 11.9. The molecule has 26 heavy (non-hydrogen) atoms. The van der Waals surface area contributed by atoms with E-state index in [1.165, 1.54) is 11.8 Å². The molecule has 0 aliphatic rings. The Morgan fingerprint density at radius 2 is 2.08 bits per heavy atom. The normalized spacial score (nSPS) is 11.2. The highest BCUT2D eigenvalue weighted by molar-refractivity contribution is 7.98. The molecule has 0 N–H and O–H groups in total. The summed E-state index contributed by atoms with van der Waals surface area (Å²) in [5.74, 6) is 1.92. The first-order chi connectivity index (χ1) is 12.7. The summed E-state index contributed by atoms with van der Waals surface area (Å²) in [5.41, 5.74) is 4.24. The minimum absolute atomic E-state index is 0.255. The van der Waals surface area contributed by atoms with E-state index in [9.17, 15) is 0 Å². The first kappa shape index (κ1) is 16.7. The molecule has 0 aliphatic heterocycles. The summed E-state index contributed by atoms with van der Waals surface area (Å²) < 4.78 is 13.3. The van der Waals surface area contributed by atoms with Gasteiger partial charge in [0.15, 0.2) is 6.61 Å². The van der Waals surface area contributed by atoms with E-state index in [0.29, 0.717) is 16.9 Å². The second kappa shape index (κ2) is 7.21. The number of fused-ring (bicyclic) bond motifs is 1. The molecule has 6 nitrogen and oxygen atoms in total. The maximum atomic E-state index is 5.68. The van der Waals surface area contributed by atoms with Crippen LogP contribution in [0.25, 0.3) is 5.65 Å². The van der Waals surface area contributed by atoms with Gasteiger partial charge in [0.05, 0.1) is 5.69 Å². The third kappa shape index (κ3) is 3.72. The van der Waals surface area contributed by atoms with Gasteiger partial charge >= 0.3 is 0 Å². The van der Waals surface area contributed by atoms with Gasteiger partial charge in [0, 0.05) is 18.1 Å². The van der Waals surface area contributed by atoms with Gasteiger partial charge in [0.1, 0.15) is 11.4 Å². The van der Waals surface area contributed by atoms with E-state index in [1.54, 1.807) is 0 Å². The number of rotatable bonds is 6. The molecule has 4 aromatic rings. The maximum Gasteiger partial charge on any atom is 0.277 e. The van der Waals surface area contributed by atoms with E-state index in [0.717, 1.165) is 28.2 Å². The van der Waals surface area contributed by atoms with Crippen LogP contribution in [0, 0.1) is 13.8 Å². The fraction of sp³-hybridized carbons (Fsp3) is 0.211. The van der Waals surface area contributed by atoms with Crippen molar-refractivity contribution in [2.45, 2.75) is 31.4 Å². The number of nitrogens with zero attached hydrogens (tertiary/aromatic N) is 4. The lowest BCUT2D eigenvalue weighted by Gasteiger charge is -2.03. The van der Waals surface area contributed by atoms with Crippen LogP contribution in [0.1, 0.15) is 22.7 Å². The van der Waals surface area contributed by atoms with Gasteiger partial charge < -0.3 is 13.6 Å². The number of imidazole rings is 1. The standard InChI is InChI=1S/C19H18N4O2S/c1-13-5-3-7-16(9-13)24-11-17-21-22-19(25-17)26-12-15-10-23-8-4-6-14(2)18(23)20-15/h3-10H,11-12H2,1-2H3. The Kier molecular flexibility index (Phi) is 4.62. The van der Waals surface area contributed by atoms with Crippen molar-refractivity contribution in [2.75, 3.05) is 0 Å². The van der Waals surface area contributed by atoms with Crippen molar-refractivity contribution >= 4 is 17.4 Å². The van der Waals surface area contributed by atoms with Crippen LogP contribution in [-0.4, -0.2) is 19.6 Å². The molecule has 4 rings (SSSR count). The molecular weight excluding hydrogens is 348 g/mol. The Hall–Kier alpha value is -2.80. The number of hydrogen-bond donors (Lipinski definition) is 0. The molecule has 0 unspecified atom stereocenters. The first-order valence-corrected chi connectivity index (χ1v) is 9.24. The second-order valence-corrected chi connectivity index (χ2v) is 6.94. The quantitative estimate of drug-likeness (QED) is 0.476. The molecule has 132 valence electrons. The van der Waals surface area contributed by atoms with Crippen LogP contribution >= 0.6 is 11.8 Å². The molecule has 0 saturated carbocycles. The van der Waals surface area contributed by atoms with E-state index >= 15 is 0 Å². The van der Waals surface area contributed by atoms with E-state index in [2.05, 4.69) is 28.2 Å². The molecule has 3 aromatic heterocycles. The lowest BCUT2D eigenvalue weighted by atomic mass is 10.2.